The summed E-state index contributed by atoms with van der Waals surface area (Å²) in [5.74, 6) is -0.801. The number of nitrogens with zero attached hydrogens (tertiary/aromatic N) is 1. The summed E-state index contributed by atoms with van der Waals surface area (Å²) in [6.45, 7) is 0.137. The minimum atomic E-state index is -0.790. The van der Waals surface area contributed by atoms with E-state index in [9.17, 15) is 14.4 Å². The highest BCUT2D eigenvalue weighted by Crippen LogP contribution is 2.43. The highest BCUT2D eigenvalue weighted by atomic mass is 16.5. The number of hydrogen-bond acceptors (Lipinski definition) is 5. The molecule has 1 saturated carbocycles. The molecule has 0 amide bonds. The van der Waals surface area contributed by atoms with Crippen molar-refractivity contribution in [2.75, 3.05) is 7.11 Å². The van der Waals surface area contributed by atoms with Crippen LogP contribution in [-0.4, -0.2) is 23.9 Å². The fourth-order valence-corrected chi connectivity index (χ4v) is 2.59. The van der Waals surface area contributed by atoms with Crippen LogP contribution in [0.3, 0.4) is 0 Å². The molecule has 0 spiro atoms. The first kappa shape index (κ1) is 16.0. The lowest BCUT2D eigenvalue weighted by molar-refractivity contribution is -0.111. The van der Waals surface area contributed by atoms with Crippen LogP contribution in [0.1, 0.15) is 28.9 Å². The Kier molecular flexibility index (Phi) is 4.20. The van der Waals surface area contributed by atoms with Gasteiger partial charge in [0.2, 0.25) is 5.43 Å². The first-order valence-corrected chi connectivity index (χ1v) is 7.59. The molecule has 1 aromatic carbocycles. The summed E-state index contributed by atoms with van der Waals surface area (Å²) in [5.41, 5.74) is -0.378. The zero-order valence-corrected chi connectivity index (χ0v) is 13.2. The van der Waals surface area contributed by atoms with Crippen LogP contribution in [0, 0.1) is 0 Å². The summed E-state index contributed by atoms with van der Waals surface area (Å²) in [7, 11) is 1.23. The van der Waals surface area contributed by atoms with Crippen LogP contribution in [0.15, 0.2) is 47.4 Å². The number of methoxy groups -OCH3 is 1. The summed E-state index contributed by atoms with van der Waals surface area (Å²) in [4.78, 5) is 35.9. The highest BCUT2D eigenvalue weighted by molar-refractivity contribution is 5.91. The molecule has 2 aromatic rings. The number of pyridine rings is 1. The molecule has 0 unspecified atom stereocenters. The van der Waals surface area contributed by atoms with E-state index in [2.05, 4.69) is 0 Å². The molecule has 0 atom stereocenters. The molecular weight excluding hydrogens is 310 g/mol. The van der Waals surface area contributed by atoms with Crippen molar-refractivity contribution in [3.63, 3.8) is 0 Å². The summed E-state index contributed by atoms with van der Waals surface area (Å²) in [6.07, 6.45) is 3.47. The fraction of sp³-hybridized carbons (Fsp3) is 0.278. The molecule has 6 nitrogen and oxygen atoms in total. The largest absolute Gasteiger partial charge is 0.482 e. The minimum absolute atomic E-state index is 0.0227. The molecule has 1 fully saturated rings. The van der Waals surface area contributed by atoms with Gasteiger partial charge >= 0.3 is 5.97 Å². The van der Waals surface area contributed by atoms with E-state index >= 15 is 0 Å². The van der Waals surface area contributed by atoms with Crippen molar-refractivity contribution in [1.29, 1.82) is 0 Å². The Morgan fingerprint density at radius 3 is 2.54 bits per heavy atom. The van der Waals surface area contributed by atoms with Crippen molar-refractivity contribution in [2.24, 2.45) is 0 Å². The van der Waals surface area contributed by atoms with Crippen LogP contribution in [0.2, 0.25) is 0 Å². The molecule has 0 bridgehead atoms. The van der Waals surface area contributed by atoms with Crippen LogP contribution < -0.4 is 10.2 Å². The van der Waals surface area contributed by atoms with Crippen molar-refractivity contribution in [1.82, 2.24) is 4.57 Å². The lowest BCUT2D eigenvalue weighted by Gasteiger charge is -2.19. The number of aromatic nitrogens is 1. The highest BCUT2D eigenvalue weighted by Gasteiger charge is 2.47. The monoisotopic (exact) mass is 327 g/mol. The maximum atomic E-state index is 12.2. The molecular formula is C18H17NO5. The van der Waals surface area contributed by atoms with Crippen molar-refractivity contribution >= 4 is 12.3 Å². The molecule has 1 aliphatic rings. The summed E-state index contributed by atoms with van der Waals surface area (Å²) >= 11 is 0. The number of rotatable bonds is 6. The predicted octanol–water partition coefficient (Wildman–Crippen LogP) is 1.90. The van der Waals surface area contributed by atoms with E-state index in [0.29, 0.717) is 12.8 Å². The maximum absolute atomic E-state index is 12.2. The Bertz CT molecular complexity index is 821. The van der Waals surface area contributed by atoms with Gasteiger partial charge in [-0.25, -0.2) is 4.79 Å². The van der Waals surface area contributed by atoms with Crippen molar-refractivity contribution in [3.8, 4) is 5.75 Å². The number of carbonyl (C=O) groups excluding carboxylic acids is 2. The van der Waals surface area contributed by atoms with Gasteiger partial charge in [-0.15, -0.1) is 0 Å². The molecule has 124 valence electrons. The number of hydrogen-bond donors (Lipinski definition) is 0. The predicted molar refractivity (Wildman–Crippen MR) is 86.1 cm³/mol. The third kappa shape index (κ3) is 2.82. The standard InChI is InChI=1S/C18H17NO5/c1-23-17(22)15-16(24-11-13-5-3-2-4-6-13)14(21)7-10-19(15)18(12-20)8-9-18/h2-7,10,12H,8-9,11H2,1H3. The molecule has 0 radical (unpaired) electrons. The number of esters is 1. The van der Waals surface area contributed by atoms with Crippen LogP contribution >= 0.6 is 0 Å². The SMILES string of the molecule is COC(=O)c1c(OCc2ccccc2)c(=O)ccn1C1(C=O)CC1. The molecule has 1 aliphatic carbocycles. The van der Waals surface area contributed by atoms with E-state index in [1.807, 2.05) is 30.3 Å². The summed E-state index contributed by atoms with van der Waals surface area (Å²) in [6, 6.07) is 10.6. The van der Waals surface area contributed by atoms with Gasteiger partial charge in [0.1, 0.15) is 18.4 Å². The Morgan fingerprint density at radius 1 is 1.25 bits per heavy atom. The van der Waals surface area contributed by atoms with E-state index in [-0.39, 0.29) is 18.1 Å². The average molecular weight is 327 g/mol. The second kappa shape index (κ2) is 6.31. The molecule has 24 heavy (non-hydrogen) atoms. The second-order valence-electron chi connectivity index (χ2n) is 5.72. The number of benzene rings is 1. The molecule has 0 N–H and O–H groups in total. The van der Waals surface area contributed by atoms with Crippen molar-refractivity contribution in [2.45, 2.75) is 25.0 Å². The Labute approximate surface area is 138 Å². The molecule has 6 heteroatoms. The van der Waals surface area contributed by atoms with Crippen LogP contribution in [0.25, 0.3) is 0 Å². The van der Waals surface area contributed by atoms with Gasteiger partial charge in [-0.2, -0.15) is 0 Å². The zero-order valence-electron chi connectivity index (χ0n) is 13.2. The van der Waals surface area contributed by atoms with E-state index in [4.69, 9.17) is 9.47 Å². The first-order chi connectivity index (χ1) is 11.6. The zero-order chi connectivity index (χ0) is 17.2. The van der Waals surface area contributed by atoms with Crippen LogP contribution in [-0.2, 0) is 21.7 Å². The van der Waals surface area contributed by atoms with Gasteiger partial charge in [-0.05, 0) is 18.4 Å². The minimum Gasteiger partial charge on any atom is -0.482 e. The third-order valence-corrected chi connectivity index (χ3v) is 4.12. The van der Waals surface area contributed by atoms with E-state index in [1.165, 1.54) is 23.9 Å². The van der Waals surface area contributed by atoms with Gasteiger partial charge in [-0.1, -0.05) is 30.3 Å². The fourth-order valence-electron chi connectivity index (χ4n) is 2.59. The molecule has 3 rings (SSSR count). The van der Waals surface area contributed by atoms with E-state index < -0.39 is 16.9 Å². The second-order valence-corrected chi connectivity index (χ2v) is 5.72. The van der Waals surface area contributed by atoms with Crippen molar-refractivity contribution < 1.29 is 19.1 Å². The van der Waals surface area contributed by atoms with Gasteiger partial charge < -0.3 is 18.8 Å². The quantitative estimate of drug-likeness (QED) is 0.598. The lowest BCUT2D eigenvalue weighted by atomic mass is 10.2. The molecule has 1 aromatic heterocycles. The Hall–Kier alpha value is -2.89. The van der Waals surface area contributed by atoms with Gasteiger partial charge in [0.05, 0.1) is 7.11 Å². The Balaban J connectivity index is 2.03. The summed E-state index contributed by atoms with van der Waals surface area (Å²) in [5, 5.41) is 0. The molecule has 1 heterocycles. The number of carbonyl (C=O) groups is 2. The Morgan fingerprint density at radius 2 is 1.96 bits per heavy atom. The number of ether oxygens (including phenoxy) is 2. The van der Waals surface area contributed by atoms with Gasteiger partial charge in [0.15, 0.2) is 11.4 Å². The van der Waals surface area contributed by atoms with E-state index in [1.54, 1.807) is 0 Å². The average Bonchev–Trinajstić information content (AvgIpc) is 3.41. The van der Waals surface area contributed by atoms with Crippen LogP contribution in [0.4, 0.5) is 0 Å². The van der Waals surface area contributed by atoms with Crippen molar-refractivity contribution in [3.05, 3.63) is 64.1 Å². The van der Waals surface area contributed by atoms with Gasteiger partial charge in [-0.3, -0.25) is 4.79 Å². The third-order valence-electron chi connectivity index (χ3n) is 4.12. The smallest absolute Gasteiger partial charge is 0.358 e. The van der Waals surface area contributed by atoms with E-state index in [0.717, 1.165) is 11.8 Å². The normalized spacial score (nSPS) is 14.7. The molecule has 0 aliphatic heterocycles. The first-order valence-electron chi connectivity index (χ1n) is 7.59. The lowest BCUT2D eigenvalue weighted by Crippen LogP contribution is -2.29. The molecule has 0 saturated heterocycles. The number of aldehydes is 1. The topological polar surface area (TPSA) is 74.6 Å². The summed E-state index contributed by atoms with van der Waals surface area (Å²) < 4.78 is 11.9. The maximum Gasteiger partial charge on any atom is 0.358 e. The van der Waals surface area contributed by atoms with Crippen LogP contribution in [0.5, 0.6) is 5.75 Å². The van der Waals surface area contributed by atoms with Gasteiger partial charge in [0, 0.05) is 12.3 Å². The van der Waals surface area contributed by atoms with Gasteiger partial charge in [0.25, 0.3) is 0 Å².